The first kappa shape index (κ1) is 23.5. The van der Waals surface area contributed by atoms with Gasteiger partial charge in [0.2, 0.25) is 0 Å². The van der Waals surface area contributed by atoms with E-state index in [0.717, 1.165) is 0 Å². The molecule has 14 heavy (non-hydrogen) atoms. The minimum atomic E-state index is 0. The molecule has 0 aliphatic heterocycles. The van der Waals surface area contributed by atoms with Crippen molar-refractivity contribution in [2.24, 2.45) is 0 Å². The highest BCUT2D eigenvalue weighted by Crippen LogP contribution is 1.89. The van der Waals surface area contributed by atoms with Crippen molar-refractivity contribution in [3.63, 3.8) is 0 Å². The molecule has 4 nitrogen and oxygen atoms in total. The Kier molecular flexibility index (Phi) is 30.9. The summed E-state index contributed by atoms with van der Waals surface area (Å²) in [5, 5.41) is 4.90. The normalized spacial score (nSPS) is 6.57. The molecule has 6 heteroatoms. The zero-order chi connectivity index (χ0) is 9.98. The third-order valence-corrected chi connectivity index (χ3v) is 1.93. The van der Waals surface area contributed by atoms with Gasteiger partial charge in [-0.15, -0.1) is 0 Å². The fourth-order valence-electron chi connectivity index (χ4n) is 0.204. The number of thioether (sulfide) groups is 2. The van der Waals surface area contributed by atoms with Gasteiger partial charge >= 0.3 is 0 Å². The average molecular weight is 242 g/mol. The lowest BCUT2D eigenvalue weighted by Crippen LogP contribution is -2.09. The first-order valence-corrected chi connectivity index (χ1v) is 5.58. The Labute approximate surface area is 96.0 Å². The fraction of sp³-hybridized carbons (Fsp3) is 0.750. The van der Waals surface area contributed by atoms with Crippen molar-refractivity contribution in [1.82, 2.24) is 10.6 Å². The predicted molar refractivity (Wildman–Crippen MR) is 69.4 cm³/mol. The predicted octanol–water partition coefficient (Wildman–Crippen LogP) is 2.65. The zero-order valence-corrected chi connectivity index (χ0v) is 9.27. The van der Waals surface area contributed by atoms with Gasteiger partial charge in [0.05, 0.1) is 0 Å². The van der Waals surface area contributed by atoms with Gasteiger partial charge in [-0.1, -0.05) is 38.4 Å². The van der Waals surface area contributed by atoms with Crippen molar-refractivity contribution < 1.29 is 9.59 Å². The number of hydrogen-bond donors (Lipinski definition) is 2. The second kappa shape index (κ2) is 18.4. The van der Waals surface area contributed by atoms with Gasteiger partial charge < -0.3 is 10.6 Å². The molecule has 0 aliphatic rings. The smallest absolute Gasteiger partial charge is 0.278 e. The van der Waals surface area contributed by atoms with Crippen LogP contribution in [0.4, 0.5) is 9.59 Å². The van der Waals surface area contributed by atoms with Crippen LogP contribution < -0.4 is 10.6 Å². The molecule has 2 N–H and O–H groups in total. The van der Waals surface area contributed by atoms with Gasteiger partial charge in [0.25, 0.3) is 10.5 Å². The van der Waals surface area contributed by atoms with Crippen LogP contribution in [-0.2, 0) is 0 Å². The molecule has 0 unspecified atom stereocenters. The molecule has 0 rings (SSSR count). The monoisotopic (exact) mass is 242 g/mol. The summed E-state index contributed by atoms with van der Waals surface area (Å²) in [5.74, 6) is 0. The lowest BCUT2D eigenvalue weighted by atomic mass is 11.2. The summed E-state index contributed by atoms with van der Waals surface area (Å²) in [6, 6.07) is 0. The lowest BCUT2D eigenvalue weighted by molar-refractivity contribution is 0.261. The van der Waals surface area contributed by atoms with E-state index in [9.17, 15) is 9.59 Å². The zero-order valence-electron chi connectivity index (χ0n) is 7.63. The molecule has 0 radical (unpaired) electrons. The SMILES string of the molecule is C.C.CNC(=O)SC.CNC(=O)SC. The highest BCUT2D eigenvalue weighted by atomic mass is 32.2. The number of carbonyl (C=O) groups is 2. The van der Waals surface area contributed by atoms with Crippen LogP contribution in [0.25, 0.3) is 0 Å². The Morgan fingerprint density at radius 3 is 1.07 bits per heavy atom. The maximum atomic E-state index is 10.0. The molecule has 0 saturated carbocycles. The molecule has 0 fully saturated rings. The molecule has 0 aromatic heterocycles. The first-order chi connectivity index (χ1) is 5.62. The lowest BCUT2D eigenvalue weighted by Gasteiger charge is -1.86. The van der Waals surface area contributed by atoms with Crippen molar-refractivity contribution in [3.8, 4) is 0 Å². The molecule has 0 bridgehead atoms. The summed E-state index contributed by atoms with van der Waals surface area (Å²) < 4.78 is 0. The number of amides is 2. The Morgan fingerprint density at radius 1 is 0.857 bits per heavy atom. The van der Waals surface area contributed by atoms with Gasteiger partial charge in [0, 0.05) is 14.1 Å². The second-order valence-corrected chi connectivity index (χ2v) is 3.04. The summed E-state index contributed by atoms with van der Waals surface area (Å²) >= 11 is 2.35. The van der Waals surface area contributed by atoms with E-state index in [-0.39, 0.29) is 25.3 Å². The summed E-state index contributed by atoms with van der Waals surface area (Å²) in [6.45, 7) is 0. The van der Waals surface area contributed by atoms with E-state index >= 15 is 0 Å². The summed E-state index contributed by atoms with van der Waals surface area (Å²) in [7, 11) is 3.22. The van der Waals surface area contributed by atoms with Gasteiger partial charge in [0.1, 0.15) is 0 Å². The van der Waals surface area contributed by atoms with Crippen LogP contribution in [0.15, 0.2) is 0 Å². The summed E-state index contributed by atoms with van der Waals surface area (Å²) in [5.41, 5.74) is 0. The van der Waals surface area contributed by atoms with E-state index in [2.05, 4.69) is 10.6 Å². The van der Waals surface area contributed by atoms with Gasteiger partial charge in [-0.3, -0.25) is 9.59 Å². The van der Waals surface area contributed by atoms with Gasteiger partial charge in [0.15, 0.2) is 0 Å². The molecule has 0 aliphatic carbocycles. The van der Waals surface area contributed by atoms with Crippen molar-refractivity contribution in [2.45, 2.75) is 14.9 Å². The van der Waals surface area contributed by atoms with E-state index in [0.29, 0.717) is 0 Å². The summed E-state index contributed by atoms with van der Waals surface area (Å²) in [6.07, 6.45) is 3.47. The molecular weight excluding hydrogens is 220 g/mol. The Balaban J connectivity index is -0.0000000625. The second-order valence-electron chi connectivity index (χ2n) is 1.48. The number of carbonyl (C=O) groups excluding carboxylic acids is 2. The molecule has 0 aromatic carbocycles. The van der Waals surface area contributed by atoms with E-state index < -0.39 is 0 Å². The fourth-order valence-corrected chi connectivity index (χ4v) is 0.612. The summed E-state index contributed by atoms with van der Waals surface area (Å²) in [4.78, 5) is 20.1. The molecule has 0 saturated heterocycles. The minimum Gasteiger partial charge on any atom is -0.350 e. The van der Waals surface area contributed by atoms with Gasteiger partial charge in [-0.05, 0) is 12.5 Å². The van der Waals surface area contributed by atoms with Crippen LogP contribution in [0.5, 0.6) is 0 Å². The van der Waals surface area contributed by atoms with E-state index in [1.165, 1.54) is 23.5 Å². The third kappa shape index (κ3) is 22.6. The number of rotatable bonds is 0. The molecule has 0 aromatic rings. The Hall–Kier alpha value is -0.360. The topological polar surface area (TPSA) is 58.2 Å². The molecule has 0 spiro atoms. The van der Waals surface area contributed by atoms with Crippen LogP contribution in [0.3, 0.4) is 0 Å². The number of hydrogen-bond acceptors (Lipinski definition) is 4. The average Bonchev–Trinajstić information content (AvgIpc) is 2.16. The van der Waals surface area contributed by atoms with Crippen LogP contribution in [-0.4, -0.2) is 37.1 Å². The van der Waals surface area contributed by atoms with Crippen LogP contribution in [0.2, 0.25) is 0 Å². The maximum absolute atomic E-state index is 10.0. The van der Waals surface area contributed by atoms with E-state index in [4.69, 9.17) is 0 Å². The third-order valence-electron chi connectivity index (χ3n) is 0.779. The van der Waals surface area contributed by atoms with Crippen molar-refractivity contribution in [2.75, 3.05) is 26.6 Å². The molecule has 0 atom stereocenters. The van der Waals surface area contributed by atoms with E-state index in [1.807, 2.05) is 0 Å². The molecule has 88 valence electrons. The van der Waals surface area contributed by atoms with Gasteiger partial charge in [-0.25, -0.2) is 0 Å². The van der Waals surface area contributed by atoms with E-state index in [1.54, 1.807) is 26.6 Å². The highest BCUT2D eigenvalue weighted by molar-refractivity contribution is 8.13. The quantitative estimate of drug-likeness (QED) is 0.685. The van der Waals surface area contributed by atoms with Crippen LogP contribution >= 0.6 is 23.5 Å². The molecule has 2 amide bonds. The standard InChI is InChI=1S/2C3H7NOS.2CH4/c2*1-4-3(5)6-2;;/h2*1-2H3,(H,4,5);2*1H4. The molecular formula is C8H22N2O2S2. The van der Waals surface area contributed by atoms with Crippen LogP contribution in [0, 0.1) is 0 Å². The van der Waals surface area contributed by atoms with Gasteiger partial charge in [-0.2, -0.15) is 0 Å². The largest absolute Gasteiger partial charge is 0.350 e. The van der Waals surface area contributed by atoms with Crippen molar-refractivity contribution in [1.29, 1.82) is 0 Å². The minimum absolute atomic E-state index is 0. The van der Waals surface area contributed by atoms with Crippen LogP contribution in [0.1, 0.15) is 14.9 Å². The number of nitrogens with one attached hydrogen (secondary N) is 2. The first-order valence-electron chi connectivity index (χ1n) is 3.13. The highest BCUT2D eigenvalue weighted by Gasteiger charge is 1.85. The Bertz CT molecular complexity index is 115. The maximum Gasteiger partial charge on any atom is 0.278 e. The Morgan fingerprint density at radius 2 is 1.07 bits per heavy atom. The van der Waals surface area contributed by atoms with Crippen molar-refractivity contribution >= 4 is 34.0 Å². The molecule has 0 heterocycles. The van der Waals surface area contributed by atoms with Crippen molar-refractivity contribution in [3.05, 3.63) is 0 Å².